The van der Waals surface area contributed by atoms with Crippen molar-refractivity contribution in [3.63, 3.8) is 0 Å². The van der Waals surface area contributed by atoms with E-state index in [0.29, 0.717) is 37.1 Å². The third kappa shape index (κ3) is 6.79. The molecule has 0 spiro atoms. The number of hydrogen-bond donors (Lipinski definition) is 2. The molecule has 2 aliphatic rings. The molecular weight excluding hydrogens is 506 g/mol. The first-order valence-electron chi connectivity index (χ1n) is 14.1. The van der Waals surface area contributed by atoms with Gasteiger partial charge in [0.1, 0.15) is 0 Å². The van der Waals surface area contributed by atoms with Crippen LogP contribution < -0.4 is 21.6 Å². The zero-order valence-electron chi connectivity index (χ0n) is 25.1. The molecule has 0 aliphatic carbocycles. The number of nitrogens with one attached hydrogen (secondary N) is 2. The first-order valence-corrected chi connectivity index (χ1v) is 14.1. The molecule has 0 atom stereocenters. The largest absolute Gasteiger partial charge is 0.494 e. The van der Waals surface area contributed by atoms with Gasteiger partial charge >= 0.3 is 14.2 Å². The number of anilines is 2. The van der Waals surface area contributed by atoms with E-state index in [1.165, 1.54) is 0 Å². The van der Waals surface area contributed by atoms with E-state index in [4.69, 9.17) is 18.6 Å². The summed E-state index contributed by atoms with van der Waals surface area (Å²) in [6, 6.07) is 15.0. The lowest BCUT2D eigenvalue weighted by molar-refractivity contribution is -0.118. The van der Waals surface area contributed by atoms with Gasteiger partial charge in [0.25, 0.3) is 0 Å². The molecule has 40 heavy (non-hydrogen) atoms. The first kappa shape index (κ1) is 30.3. The van der Waals surface area contributed by atoms with Crippen LogP contribution in [0, 0.1) is 0 Å². The molecule has 2 saturated heterocycles. The highest BCUT2D eigenvalue weighted by Gasteiger charge is 2.52. The van der Waals surface area contributed by atoms with Gasteiger partial charge in [0.05, 0.1) is 22.4 Å². The van der Waals surface area contributed by atoms with Gasteiger partial charge in [-0.1, -0.05) is 24.3 Å². The van der Waals surface area contributed by atoms with Crippen LogP contribution in [0.4, 0.5) is 11.4 Å². The maximum Gasteiger partial charge on any atom is 0.494 e. The van der Waals surface area contributed by atoms with Crippen molar-refractivity contribution in [2.75, 3.05) is 10.6 Å². The Hall–Kier alpha value is -2.65. The number of carbonyl (C=O) groups excluding carboxylic acids is 2. The van der Waals surface area contributed by atoms with Crippen LogP contribution in [0.25, 0.3) is 0 Å². The number of amides is 2. The molecule has 0 saturated carbocycles. The molecule has 2 heterocycles. The van der Waals surface area contributed by atoms with E-state index in [1.54, 1.807) is 0 Å². The molecule has 0 unspecified atom stereocenters. The van der Waals surface area contributed by atoms with Crippen LogP contribution >= 0.6 is 0 Å². The van der Waals surface area contributed by atoms with E-state index in [0.717, 1.165) is 10.9 Å². The molecule has 0 bridgehead atoms. The zero-order chi connectivity index (χ0) is 29.3. The predicted octanol–water partition coefficient (Wildman–Crippen LogP) is 4.42. The molecule has 2 aromatic rings. The minimum absolute atomic E-state index is 0.0814. The predicted molar refractivity (Wildman–Crippen MR) is 160 cm³/mol. The summed E-state index contributed by atoms with van der Waals surface area (Å²) in [5.41, 5.74) is 1.64. The van der Waals surface area contributed by atoms with Crippen LogP contribution in [-0.4, -0.2) is 48.5 Å². The highest BCUT2D eigenvalue weighted by molar-refractivity contribution is 6.62. The molecule has 4 rings (SSSR count). The van der Waals surface area contributed by atoms with Crippen LogP contribution in [0.3, 0.4) is 0 Å². The summed E-state index contributed by atoms with van der Waals surface area (Å²) in [5.74, 6) is -0.163. The number of rotatable bonds is 9. The maximum atomic E-state index is 12.4. The highest BCUT2D eigenvalue weighted by atomic mass is 16.7. The highest BCUT2D eigenvalue weighted by Crippen LogP contribution is 2.37. The van der Waals surface area contributed by atoms with Gasteiger partial charge in [-0.2, -0.15) is 0 Å². The fourth-order valence-corrected chi connectivity index (χ4v) is 4.42. The van der Waals surface area contributed by atoms with Crippen molar-refractivity contribution in [1.82, 2.24) is 0 Å². The number of benzene rings is 2. The van der Waals surface area contributed by atoms with E-state index in [2.05, 4.69) is 10.6 Å². The molecule has 0 radical (unpaired) electrons. The van der Waals surface area contributed by atoms with E-state index in [-0.39, 0.29) is 11.8 Å². The van der Waals surface area contributed by atoms with E-state index in [9.17, 15) is 9.59 Å². The number of hydrogen-bond acceptors (Lipinski definition) is 6. The van der Waals surface area contributed by atoms with Crippen molar-refractivity contribution in [1.29, 1.82) is 0 Å². The Balaban J connectivity index is 1.15. The number of carbonyl (C=O) groups is 2. The summed E-state index contributed by atoms with van der Waals surface area (Å²) in [6.45, 7) is 16.2. The van der Waals surface area contributed by atoms with Crippen LogP contribution in [0.15, 0.2) is 48.5 Å². The summed E-state index contributed by atoms with van der Waals surface area (Å²) in [4.78, 5) is 24.8. The second-order valence-electron chi connectivity index (χ2n) is 12.7. The molecule has 2 N–H and O–H groups in total. The van der Waals surface area contributed by atoms with Gasteiger partial charge in [0, 0.05) is 24.2 Å². The summed E-state index contributed by atoms with van der Waals surface area (Å²) < 4.78 is 24.3. The van der Waals surface area contributed by atoms with Crippen molar-refractivity contribution in [3.8, 4) is 0 Å². The van der Waals surface area contributed by atoms with Crippen LogP contribution in [0.5, 0.6) is 0 Å². The lowest BCUT2D eigenvalue weighted by Gasteiger charge is -2.32. The van der Waals surface area contributed by atoms with E-state index >= 15 is 0 Å². The Labute approximate surface area is 239 Å². The third-order valence-corrected chi connectivity index (χ3v) is 8.50. The van der Waals surface area contributed by atoms with Gasteiger partial charge in [-0.15, -0.1) is 0 Å². The van der Waals surface area contributed by atoms with Gasteiger partial charge in [0.2, 0.25) is 11.8 Å². The van der Waals surface area contributed by atoms with Crippen molar-refractivity contribution < 1.29 is 28.2 Å². The summed E-state index contributed by atoms with van der Waals surface area (Å²) in [6.07, 6.45) is 1.92. The Kier molecular flexibility index (Phi) is 8.58. The first-order chi connectivity index (χ1) is 18.6. The van der Waals surface area contributed by atoms with Gasteiger partial charge in [-0.3, -0.25) is 9.59 Å². The average Bonchev–Trinajstić information content (AvgIpc) is 3.22. The van der Waals surface area contributed by atoms with Gasteiger partial charge in [-0.05, 0) is 103 Å². The average molecular weight is 548 g/mol. The normalized spacial score (nSPS) is 20.4. The summed E-state index contributed by atoms with van der Waals surface area (Å²) >= 11 is 0. The fraction of sp³-hybridized carbons (Fsp3) is 0.533. The van der Waals surface area contributed by atoms with Crippen molar-refractivity contribution >= 4 is 48.4 Å². The molecule has 10 heteroatoms. The molecule has 0 aromatic heterocycles. The number of unbranched alkanes of at least 4 members (excludes halogenated alkanes) is 1. The lowest BCUT2D eigenvalue weighted by atomic mass is 9.79. The van der Waals surface area contributed by atoms with E-state index in [1.807, 2.05) is 104 Å². The van der Waals surface area contributed by atoms with Crippen LogP contribution in [0.1, 0.15) is 81.1 Å². The minimum atomic E-state index is -0.436. The third-order valence-electron chi connectivity index (χ3n) is 8.50. The molecule has 2 fully saturated rings. The fourth-order valence-electron chi connectivity index (χ4n) is 4.42. The zero-order valence-corrected chi connectivity index (χ0v) is 25.1. The minimum Gasteiger partial charge on any atom is -0.399 e. The second-order valence-corrected chi connectivity index (χ2v) is 12.7. The molecule has 2 aromatic carbocycles. The maximum absolute atomic E-state index is 12.4. The Morgan fingerprint density at radius 1 is 0.550 bits per heavy atom. The quantitative estimate of drug-likeness (QED) is 0.356. The Bertz CT molecular complexity index is 1080. The van der Waals surface area contributed by atoms with Gasteiger partial charge < -0.3 is 29.3 Å². The van der Waals surface area contributed by atoms with Gasteiger partial charge in [-0.25, -0.2) is 0 Å². The van der Waals surface area contributed by atoms with Crippen molar-refractivity contribution in [2.24, 2.45) is 0 Å². The molecule has 8 nitrogen and oxygen atoms in total. The van der Waals surface area contributed by atoms with Crippen LogP contribution in [-0.2, 0) is 28.2 Å². The molecular formula is C30H42B2N2O6. The van der Waals surface area contributed by atoms with Gasteiger partial charge in [0.15, 0.2) is 0 Å². The van der Waals surface area contributed by atoms with Crippen molar-refractivity contribution in [2.45, 2.75) is 103 Å². The lowest BCUT2D eigenvalue weighted by Crippen LogP contribution is -2.41. The topological polar surface area (TPSA) is 95.1 Å². The standard InChI is InChI=1S/C30H42B2N2O6/c1-27(2)28(3,4)38-31(37-27)21-13-17-23(18-14-21)33-25(35)11-9-10-12-26(36)34-24-19-15-22(16-20-24)32-39-29(5,6)30(7,8)40-32/h13-20H,9-12H2,1-8H3,(H,33,35)(H,34,36). The molecule has 214 valence electrons. The van der Waals surface area contributed by atoms with Crippen molar-refractivity contribution in [3.05, 3.63) is 48.5 Å². The Morgan fingerprint density at radius 3 is 1.10 bits per heavy atom. The van der Waals surface area contributed by atoms with E-state index < -0.39 is 36.6 Å². The SMILES string of the molecule is CC1(C)OB(c2ccc(NC(=O)CCCCC(=O)Nc3ccc(B4OC(C)(C)C(C)(C)O4)cc3)cc2)OC1(C)C. The molecule has 2 aliphatic heterocycles. The second kappa shape index (κ2) is 11.3. The Morgan fingerprint density at radius 2 is 0.825 bits per heavy atom. The summed E-state index contributed by atoms with van der Waals surface area (Å²) in [5, 5.41) is 5.83. The molecule has 2 amide bonds. The van der Waals surface area contributed by atoms with Crippen LogP contribution in [0.2, 0.25) is 0 Å². The summed E-state index contributed by atoms with van der Waals surface area (Å²) in [7, 11) is -0.872. The smallest absolute Gasteiger partial charge is 0.399 e. The monoisotopic (exact) mass is 548 g/mol.